The minimum absolute atomic E-state index is 0.214. The predicted octanol–water partition coefficient (Wildman–Crippen LogP) is 4.34. The number of rotatable bonds is 11. The fraction of sp³-hybridized carbons (Fsp3) is 0.882. The van der Waals surface area contributed by atoms with E-state index in [2.05, 4.69) is 39.9 Å². The molecule has 0 aromatic rings. The second-order valence-corrected chi connectivity index (χ2v) is 6.31. The Kier molecular flexibility index (Phi) is 10.1. The topological polar surface area (TPSA) is 49.4 Å². The van der Waals surface area contributed by atoms with Crippen LogP contribution in [0.3, 0.4) is 0 Å². The Balaban J connectivity index is 4.72. The van der Waals surface area contributed by atoms with Gasteiger partial charge < -0.3 is 5.32 Å². The highest BCUT2D eigenvalue weighted by Gasteiger charge is 2.27. The molecule has 0 heterocycles. The van der Waals surface area contributed by atoms with E-state index in [-0.39, 0.29) is 11.6 Å². The van der Waals surface area contributed by atoms with E-state index in [4.69, 9.17) is 0 Å². The van der Waals surface area contributed by atoms with Crippen LogP contribution in [0.4, 0.5) is 4.79 Å². The maximum atomic E-state index is 12.4. The van der Waals surface area contributed by atoms with Gasteiger partial charge in [-0.25, -0.2) is 4.79 Å². The van der Waals surface area contributed by atoms with Crippen molar-refractivity contribution in [2.75, 3.05) is 6.54 Å². The van der Waals surface area contributed by atoms with Gasteiger partial charge in [0, 0.05) is 12.1 Å². The average molecular weight is 298 g/mol. The molecule has 124 valence electrons. The van der Waals surface area contributed by atoms with E-state index in [1.807, 2.05) is 0 Å². The highest BCUT2D eigenvalue weighted by molar-refractivity contribution is 5.85. The minimum atomic E-state index is -0.246. The average Bonchev–Trinajstić information content (AvgIpc) is 2.43. The number of carbonyl (C=O) groups is 2. The van der Waals surface area contributed by atoms with Gasteiger partial charge in [0.25, 0.3) is 0 Å². The van der Waals surface area contributed by atoms with Crippen molar-refractivity contribution in [3.8, 4) is 0 Å². The first-order valence-electron chi connectivity index (χ1n) is 8.50. The second kappa shape index (κ2) is 10.6. The fourth-order valence-corrected chi connectivity index (χ4v) is 2.97. The van der Waals surface area contributed by atoms with Crippen molar-refractivity contribution >= 4 is 12.4 Å². The molecule has 0 fully saturated rings. The first-order chi connectivity index (χ1) is 9.96. The van der Waals surface area contributed by atoms with Crippen molar-refractivity contribution in [3.05, 3.63) is 0 Å². The zero-order valence-electron chi connectivity index (χ0n) is 14.6. The van der Waals surface area contributed by atoms with Crippen LogP contribution in [0.1, 0.15) is 79.6 Å². The van der Waals surface area contributed by atoms with Crippen LogP contribution in [0.5, 0.6) is 0 Å². The molecular weight excluding hydrogens is 264 g/mol. The molecule has 4 nitrogen and oxygen atoms in total. The molecule has 0 aromatic heterocycles. The smallest absolute Gasteiger partial charge is 0.324 e. The molecule has 1 N–H and O–H groups in total. The lowest BCUT2D eigenvalue weighted by Gasteiger charge is -2.33. The highest BCUT2D eigenvalue weighted by Crippen LogP contribution is 2.20. The van der Waals surface area contributed by atoms with Gasteiger partial charge in [0.2, 0.25) is 6.41 Å². The van der Waals surface area contributed by atoms with E-state index in [1.165, 1.54) is 4.90 Å². The number of urea groups is 1. The lowest BCUT2D eigenvalue weighted by atomic mass is 9.91. The predicted molar refractivity (Wildman–Crippen MR) is 88.2 cm³/mol. The first kappa shape index (κ1) is 19.9. The molecular formula is C17H34N2O2. The van der Waals surface area contributed by atoms with E-state index in [1.54, 1.807) is 0 Å². The molecule has 4 heteroatoms. The number of amides is 3. The number of hydrogen-bond acceptors (Lipinski definition) is 2. The summed E-state index contributed by atoms with van der Waals surface area (Å²) in [5.41, 5.74) is -0.214. The molecule has 0 radical (unpaired) electrons. The van der Waals surface area contributed by atoms with Gasteiger partial charge >= 0.3 is 6.03 Å². The molecule has 21 heavy (non-hydrogen) atoms. The van der Waals surface area contributed by atoms with Crippen LogP contribution in [0.25, 0.3) is 0 Å². The third-order valence-electron chi connectivity index (χ3n) is 4.13. The van der Waals surface area contributed by atoms with Gasteiger partial charge in [0.05, 0.1) is 0 Å². The van der Waals surface area contributed by atoms with Crippen molar-refractivity contribution < 1.29 is 9.59 Å². The van der Waals surface area contributed by atoms with Gasteiger partial charge in [-0.3, -0.25) is 9.69 Å². The summed E-state index contributed by atoms with van der Waals surface area (Å²) in [6.07, 6.45) is 7.71. The highest BCUT2D eigenvalue weighted by atomic mass is 16.2. The maximum Gasteiger partial charge on any atom is 0.324 e. The van der Waals surface area contributed by atoms with Crippen LogP contribution in [0.2, 0.25) is 0 Å². The first-order valence-corrected chi connectivity index (χ1v) is 8.50. The summed E-state index contributed by atoms with van der Waals surface area (Å²) in [4.78, 5) is 25.0. The molecule has 0 aliphatic rings. The summed E-state index contributed by atoms with van der Waals surface area (Å²) in [6, 6.07) is -0.246. The normalized spacial score (nSPS) is 12.8. The van der Waals surface area contributed by atoms with E-state index in [0.717, 1.165) is 44.9 Å². The van der Waals surface area contributed by atoms with E-state index < -0.39 is 0 Å². The Morgan fingerprint density at radius 1 is 1.14 bits per heavy atom. The molecule has 0 bridgehead atoms. The lowest BCUT2D eigenvalue weighted by Crippen LogP contribution is -2.52. The molecule has 0 aliphatic heterocycles. The summed E-state index contributed by atoms with van der Waals surface area (Å²) < 4.78 is 0. The number of imide groups is 1. The zero-order valence-corrected chi connectivity index (χ0v) is 14.6. The number of carbonyl (C=O) groups excluding carboxylic acids is 2. The minimum Gasteiger partial charge on any atom is -0.332 e. The van der Waals surface area contributed by atoms with Crippen LogP contribution in [0.15, 0.2) is 0 Å². The summed E-state index contributed by atoms with van der Waals surface area (Å²) in [6.45, 7) is 11.1. The second-order valence-electron chi connectivity index (χ2n) is 6.31. The largest absolute Gasteiger partial charge is 0.332 e. The van der Waals surface area contributed by atoms with E-state index in [0.29, 0.717) is 18.9 Å². The van der Waals surface area contributed by atoms with Crippen molar-refractivity contribution in [1.82, 2.24) is 10.2 Å². The Labute approximate surface area is 130 Å². The van der Waals surface area contributed by atoms with Gasteiger partial charge in [0.15, 0.2) is 0 Å². The molecule has 0 saturated heterocycles. The summed E-state index contributed by atoms with van der Waals surface area (Å²) in [7, 11) is 0. The number of hydrogen-bond donors (Lipinski definition) is 1. The van der Waals surface area contributed by atoms with Crippen molar-refractivity contribution in [3.63, 3.8) is 0 Å². The SMILES string of the molecule is CCCC(CC)CN(C=O)C(=O)NC(C)(CCC)CCC. The van der Waals surface area contributed by atoms with Crippen molar-refractivity contribution in [2.24, 2.45) is 5.92 Å². The van der Waals surface area contributed by atoms with Crippen LogP contribution in [0, 0.1) is 5.92 Å². The molecule has 1 unspecified atom stereocenters. The Morgan fingerprint density at radius 3 is 2.10 bits per heavy atom. The quantitative estimate of drug-likeness (QED) is 0.577. The monoisotopic (exact) mass is 298 g/mol. The fourth-order valence-electron chi connectivity index (χ4n) is 2.97. The van der Waals surface area contributed by atoms with Crippen molar-refractivity contribution in [1.29, 1.82) is 0 Å². The molecule has 0 aromatic carbocycles. The molecule has 0 spiro atoms. The molecule has 1 atom stereocenters. The number of nitrogens with zero attached hydrogens (tertiary/aromatic N) is 1. The Morgan fingerprint density at radius 2 is 1.71 bits per heavy atom. The molecule has 0 saturated carbocycles. The Hall–Kier alpha value is -1.06. The van der Waals surface area contributed by atoms with E-state index >= 15 is 0 Å². The lowest BCUT2D eigenvalue weighted by molar-refractivity contribution is -0.116. The molecule has 0 aliphatic carbocycles. The van der Waals surface area contributed by atoms with Gasteiger partial charge in [-0.2, -0.15) is 0 Å². The van der Waals surface area contributed by atoms with Gasteiger partial charge in [-0.15, -0.1) is 0 Å². The standard InChI is InChI=1S/C17H34N2O2/c1-6-10-15(9-4)13-19(14-20)16(21)18-17(5,11-7-2)12-8-3/h14-15H,6-13H2,1-5H3,(H,18,21). The number of nitrogens with one attached hydrogen (secondary N) is 1. The van der Waals surface area contributed by atoms with Crippen LogP contribution in [-0.4, -0.2) is 29.4 Å². The van der Waals surface area contributed by atoms with Crippen LogP contribution in [-0.2, 0) is 4.79 Å². The van der Waals surface area contributed by atoms with Gasteiger partial charge in [0.1, 0.15) is 0 Å². The Bertz CT molecular complexity index is 299. The third-order valence-corrected chi connectivity index (χ3v) is 4.13. The summed E-state index contributed by atoms with van der Waals surface area (Å²) in [5, 5.41) is 3.07. The maximum absolute atomic E-state index is 12.4. The van der Waals surface area contributed by atoms with Crippen molar-refractivity contribution in [2.45, 2.75) is 85.1 Å². The van der Waals surface area contributed by atoms with Crippen LogP contribution < -0.4 is 5.32 Å². The molecule has 3 amide bonds. The van der Waals surface area contributed by atoms with Crippen LogP contribution >= 0.6 is 0 Å². The van der Waals surface area contributed by atoms with Gasteiger partial charge in [-0.1, -0.05) is 53.4 Å². The van der Waals surface area contributed by atoms with Gasteiger partial charge in [-0.05, 0) is 32.1 Å². The molecule has 0 rings (SSSR count). The third kappa shape index (κ3) is 7.49. The summed E-state index contributed by atoms with van der Waals surface area (Å²) >= 11 is 0. The summed E-state index contributed by atoms with van der Waals surface area (Å²) in [5.74, 6) is 0.398. The van der Waals surface area contributed by atoms with E-state index in [9.17, 15) is 9.59 Å². The zero-order chi connectivity index (χ0) is 16.3.